The third-order valence-corrected chi connectivity index (χ3v) is 4.03. The molecule has 2 aromatic rings. The Balaban J connectivity index is 2.32. The molecule has 0 spiro atoms. The minimum Gasteiger partial charge on any atom is -0.366 e. The van der Waals surface area contributed by atoms with Crippen molar-refractivity contribution in [1.29, 1.82) is 0 Å². The average molecular weight is 354 g/mol. The zero-order chi connectivity index (χ0) is 17.0. The van der Waals surface area contributed by atoms with Crippen molar-refractivity contribution in [3.05, 3.63) is 51.8 Å². The van der Waals surface area contributed by atoms with Gasteiger partial charge in [-0.2, -0.15) is 0 Å². The lowest BCUT2D eigenvalue weighted by atomic mass is 10.2. The van der Waals surface area contributed by atoms with Gasteiger partial charge < -0.3 is 10.2 Å². The van der Waals surface area contributed by atoms with Crippen LogP contribution >= 0.6 is 23.2 Å². The maximum atomic E-state index is 13.9. The molecule has 0 aromatic heterocycles. The standard InChI is InChI=1S/C17H18Cl2FN3/c1-4-23(3)10-21-15-8-13(19)16(9-12(15)18)22-17-11(2)6-5-7-14(17)20/h5-10,22H,4H2,1-3H3. The Morgan fingerprint density at radius 2 is 2.00 bits per heavy atom. The maximum absolute atomic E-state index is 13.9. The monoisotopic (exact) mass is 353 g/mol. The van der Waals surface area contributed by atoms with Gasteiger partial charge in [-0.1, -0.05) is 35.3 Å². The molecule has 0 aliphatic rings. The first kappa shape index (κ1) is 17.6. The summed E-state index contributed by atoms with van der Waals surface area (Å²) in [5, 5.41) is 3.86. The lowest BCUT2D eigenvalue weighted by Gasteiger charge is -2.13. The molecule has 122 valence electrons. The van der Waals surface area contributed by atoms with Gasteiger partial charge in [-0.05, 0) is 37.6 Å². The van der Waals surface area contributed by atoms with Crippen LogP contribution in [0.1, 0.15) is 12.5 Å². The van der Waals surface area contributed by atoms with E-state index in [2.05, 4.69) is 10.3 Å². The van der Waals surface area contributed by atoms with E-state index in [-0.39, 0.29) is 5.82 Å². The van der Waals surface area contributed by atoms with E-state index in [1.807, 2.05) is 31.9 Å². The van der Waals surface area contributed by atoms with Gasteiger partial charge in [-0.25, -0.2) is 9.38 Å². The number of benzene rings is 2. The average Bonchev–Trinajstić information content (AvgIpc) is 2.52. The maximum Gasteiger partial charge on any atom is 0.146 e. The Hall–Kier alpha value is -1.78. The van der Waals surface area contributed by atoms with Crippen LogP contribution in [0.25, 0.3) is 0 Å². The molecule has 0 radical (unpaired) electrons. The number of para-hydroxylation sites is 1. The Morgan fingerprint density at radius 1 is 1.26 bits per heavy atom. The van der Waals surface area contributed by atoms with E-state index in [9.17, 15) is 4.39 Å². The minimum atomic E-state index is -0.344. The van der Waals surface area contributed by atoms with Crippen LogP contribution in [0.15, 0.2) is 35.3 Å². The van der Waals surface area contributed by atoms with Crippen molar-refractivity contribution in [3.63, 3.8) is 0 Å². The molecular formula is C17H18Cl2FN3. The van der Waals surface area contributed by atoms with Gasteiger partial charge in [-0.15, -0.1) is 0 Å². The summed E-state index contributed by atoms with van der Waals surface area (Å²) < 4.78 is 13.9. The Bertz CT molecular complexity index is 712. The van der Waals surface area contributed by atoms with Gasteiger partial charge in [-0.3, -0.25) is 0 Å². The van der Waals surface area contributed by atoms with Crippen LogP contribution in [0.3, 0.4) is 0 Å². The van der Waals surface area contributed by atoms with E-state index in [0.29, 0.717) is 27.1 Å². The van der Waals surface area contributed by atoms with Crippen LogP contribution in [-0.2, 0) is 0 Å². The highest BCUT2D eigenvalue weighted by molar-refractivity contribution is 6.37. The normalized spacial score (nSPS) is 11.0. The van der Waals surface area contributed by atoms with Crippen molar-refractivity contribution in [3.8, 4) is 0 Å². The fourth-order valence-corrected chi connectivity index (χ4v) is 2.32. The van der Waals surface area contributed by atoms with Gasteiger partial charge in [0.1, 0.15) is 5.82 Å². The molecule has 6 heteroatoms. The molecule has 2 aromatic carbocycles. The number of hydrogen-bond donors (Lipinski definition) is 1. The highest BCUT2D eigenvalue weighted by atomic mass is 35.5. The van der Waals surface area contributed by atoms with Crippen LogP contribution in [0, 0.1) is 12.7 Å². The summed E-state index contributed by atoms with van der Waals surface area (Å²) in [7, 11) is 1.91. The summed E-state index contributed by atoms with van der Waals surface area (Å²) >= 11 is 12.5. The second kappa shape index (κ2) is 7.66. The number of halogens is 3. The van der Waals surface area contributed by atoms with Crippen molar-refractivity contribution in [1.82, 2.24) is 4.90 Å². The molecule has 3 nitrogen and oxygen atoms in total. The van der Waals surface area contributed by atoms with Gasteiger partial charge in [0.15, 0.2) is 0 Å². The smallest absolute Gasteiger partial charge is 0.146 e. The van der Waals surface area contributed by atoms with E-state index in [4.69, 9.17) is 23.2 Å². The molecule has 0 saturated carbocycles. The first-order valence-corrected chi connectivity index (χ1v) is 7.93. The number of nitrogens with zero attached hydrogens (tertiary/aromatic N) is 2. The lowest BCUT2D eigenvalue weighted by molar-refractivity contribution is 0.552. The van der Waals surface area contributed by atoms with Crippen molar-refractivity contribution in [2.45, 2.75) is 13.8 Å². The zero-order valence-electron chi connectivity index (χ0n) is 13.2. The van der Waals surface area contributed by atoms with Crippen LogP contribution in [0.4, 0.5) is 21.5 Å². The molecule has 0 heterocycles. The Kier molecular flexibility index (Phi) is 5.85. The molecular weight excluding hydrogens is 336 g/mol. The second-order valence-corrected chi connectivity index (χ2v) is 5.97. The number of anilines is 2. The van der Waals surface area contributed by atoms with E-state index in [1.165, 1.54) is 6.07 Å². The number of aliphatic imine (C=N–C) groups is 1. The predicted molar refractivity (Wildman–Crippen MR) is 97.3 cm³/mol. The molecule has 1 N–H and O–H groups in total. The van der Waals surface area contributed by atoms with E-state index in [0.717, 1.165) is 12.1 Å². The summed E-state index contributed by atoms with van der Waals surface area (Å²) in [5.74, 6) is -0.344. The highest BCUT2D eigenvalue weighted by Gasteiger charge is 2.11. The molecule has 0 aliphatic carbocycles. The Labute approximate surface area is 145 Å². The van der Waals surface area contributed by atoms with Crippen LogP contribution in [0.5, 0.6) is 0 Å². The quantitative estimate of drug-likeness (QED) is 0.543. The summed E-state index contributed by atoms with van der Waals surface area (Å²) in [6.45, 7) is 4.67. The fourth-order valence-electron chi connectivity index (χ4n) is 1.90. The molecule has 0 atom stereocenters. The first-order chi connectivity index (χ1) is 10.9. The van der Waals surface area contributed by atoms with E-state index >= 15 is 0 Å². The Morgan fingerprint density at radius 3 is 2.65 bits per heavy atom. The first-order valence-electron chi connectivity index (χ1n) is 7.18. The molecule has 0 bridgehead atoms. The van der Waals surface area contributed by atoms with Gasteiger partial charge >= 0.3 is 0 Å². The van der Waals surface area contributed by atoms with Crippen molar-refractivity contribution < 1.29 is 4.39 Å². The van der Waals surface area contributed by atoms with E-state index in [1.54, 1.807) is 24.5 Å². The topological polar surface area (TPSA) is 27.6 Å². The molecule has 0 aliphatic heterocycles. The van der Waals surface area contributed by atoms with E-state index < -0.39 is 0 Å². The summed E-state index contributed by atoms with van der Waals surface area (Å²) in [5.41, 5.74) is 2.26. The molecule has 0 unspecified atom stereocenters. The number of rotatable bonds is 5. The van der Waals surface area contributed by atoms with Gasteiger partial charge in [0.2, 0.25) is 0 Å². The van der Waals surface area contributed by atoms with Gasteiger partial charge in [0, 0.05) is 13.6 Å². The van der Waals surface area contributed by atoms with Crippen LogP contribution in [0.2, 0.25) is 10.0 Å². The number of aryl methyl sites for hydroxylation is 1. The molecule has 0 fully saturated rings. The third-order valence-electron chi connectivity index (χ3n) is 3.41. The van der Waals surface area contributed by atoms with Crippen LogP contribution in [-0.4, -0.2) is 24.8 Å². The molecule has 23 heavy (non-hydrogen) atoms. The van der Waals surface area contributed by atoms with Crippen molar-refractivity contribution in [2.24, 2.45) is 4.99 Å². The molecule has 2 rings (SSSR count). The zero-order valence-corrected chi connectivity index (χ0v) is 14.7. The number of nitrogens with one attached hydrogen (secondary N) is 1. The lowest BCUT2D eigenvalue weighted by Crippen LogP contribution is -2.14. The molecule has 0 amide bonds. The van der Waals surface area contributed by atoms with Crippen LogP contribution < -0.4 is 5.32 Å². The SMILES string of the molecule is CCN(C)C=Nc1cc(Cl)c(Nc2c(C)cccc2F)cc1Cl. The summed E-state index contributed by atoms with van der Waals surface area (Å²) in [4.78, 5) is 6.22. The summed E-state index contributed by atoms with van der Waals surface area (Å²) in [6, 6.07) is 8.17. The predicted octanol–water partition coefficient (Wildman–Crippen LogP) is 5.80. The second-order valence-electron chi connectivity index (χ2n) is 5.16. The van der Waals surface area contributed by atoms with Gasteiger partial charge in [0.25, 0.3) is 0 Å². The van der Waals surface area contributed by atoms with Crippen molar-refractivity contribution in [2.75, 3.05) is 18.9 Å². The molecule has 0 saturated heterocycles. The van der Waals surface area contributed by atoms with Gasteiger partial charge in [0.05, 0.1) is 33.4 Å². The number of hydrogen-bond acceptors (Lipinski definition) is 2. The third kappa shape index (κ3) is 4.36. The minimum absolute atomic E-state index is 0.344. The summed E-state index contributed by atoms with van der Waals surface area (Å²) in [6.07, 6.45) is 1.69. The fraction of sp³-hybridized carbons (Fsp3) is 0.235. The largest absolute Gasteiger partial charge is 0.366 e. The highest BCUT2D eigenvalue weighted by Crippen LogP contribution is 2.36. The van der Waals surface area contributed by atoms with Crippen molar-refractivity contribution >= 4 is 46.6 Å².